The van der Waals surface area contributed by atoms with Crippen molar-refractivity contribution in [3.05, 3.63) is 60.8 Å². The standard InChI is InChI=1S/C24H27N7O4/c1-35-22-27-13-17(14-28-22)16-5-10-21(26-12-16)31(20-8-6-18(7-9-20)30-24(33)34)23(32)29-15-19-4-2-3-11-25-19/h2-5,10-14,18,20,30H,6-9,15H2,1H3,(H,29,32)(H,33,34). The zero-order valence-corrected chi connectivity index (χ0v) is 19.3. The van der Waals surface area contributed by atoms with E-state index in [0.29, 0.717) is 31.5 Å². The van der Waals surface area contributed by atoms with Crippen molar-refractivity contribution in [3.8, 4) is 17.1 Å². The minimum atomic E-state index is -1.03. The molecular weight excluding hydrogens is 450 g/mol. The largest absolute Gasteiger partial charge is 0.467 e. The highest BCUT2D eigenvalue weighted by Crippen LogP contribution is 2.28. The lowest BCUT2D eigenvalue weighted by atomic mass is 9.90. The van der Waals surface area contributed by atoms with Gasteiger partial charge >= 0.3 is 18.1 Å². The molecule has 3 heterocycles. The second-order valence-corrected chi connectivity index (χ2v) is 8.17. The van der Waals surface area contributed by atoms with Crippen molar-refractivity contribution in [2.24, 2.45) is 0 Å². The van der Waals surface area contributed by atoms with E-state index in [1.165, 1.54) is 7.11 Å². The molecule has 0 saturated heterocycles. The molecule has 11 heteroatoms. The lowest BCUT2D eigenvalue weighted by Crippen LogP contribution is -2.50. The maximum Gasteiger partial charge on any atom is 0.404 e. The molecule has 182 valence electrons. The van der Waals surface area contributed by atoms with Gasteiger partial charge in [-0.1, -0.05) is 6.07 Å². The number of amides is 3. The molecule has 3 N–H and O–H groups in total. The van der Waals surface area contributed by atoms with Gasteiger partial charge in [0.1, 0.15) is 5.82 Å². The molecule has 3 amide bonds. The number of carbonyl (C=O) groups is 2. The molecule has 35 heavy (non-hydrogen) atoms. The minimum Gasteiger partial charge on any atom is -0.467 e. The number of hydrogen-bond donors (Lipinski definition) is 3. The normalized spacial score (nSPS) is 17.3. The monoisotopic (exact) mass is 477 g/mol. The Labute approximate surface area is 202 Å². The van der Waals surface area contributed by atoms with Gasteiger partial charge in [0.15, 0.2) is 0 Å². The van der Waals surface area contributed by atoms with Gasteiger partial charge < -0.3 is 20.5 Å². The van der Waals surface area contributed by atoms with Crippen LogP contribution in [0, 0.1) is 0 Å². The molecule has 1 aliphatic carbocycles. The summed E-state index contributed by atoms with van der Waals surface area (Å²) < 4.78 is 5.00. The Bertz CT molecular complexity index is 1120. The smallest absolute Gasteiger partial charge is 0.404 e. The fraction of sp³-hybridized carbons (Fsp3) is 0.333. The average molecular weight is 478 g/mol. The van der Waals surface area contributed by atoms with Gasteiger partial charge in [-0.05, 0) is 49.9 Å². The fourth-order valence-corrected chi connectivity index (χ4v) is 4.13. The summed E-state index contributed by atoms with van der Waals surface area (Å²) in [5, 5.41) is 14.5. The fourth-order valence-electron chi connectivity index (χ4n) is 4.13. The second-order valence-electron chi connectivity index (χ2n) is 8.17. The number of nitrogens with zero attached hydrogens (tertiary/aromatic N) is 5. The van der Waals surface area contributed by atoms with Crippen LogP contribution in [0.2, 0.25) is 0 Å². The summed E-state index contributed by atoms with van der Waals surface area (Å²) in [5.41, 5.74) is 2.33. The Kier molecular flexibility index (Phi) is 7.66. The van der Waals surface area contributed by atoms with Crippen LogP contribution < -0.4 is 20.3 Å². The summed E-state index contributed by atoms with van der Waals surface area (Å²) >= 11 is 0. The van der Waals surface area contributed by atoms with Gasteiger partial charge in [0.05, 0.1) is 19.3 Å². The number of anilines is 1. The first-order valence-corrected chi connectivity index (χ1v) is 11.3. The number of hydrogen-bond acceptors (Lipinski definition) is 7. The maximum absolute atomic E-state index is 13.3. The first-order valence-electron chi connectivity index (χ1n) is 11.3. The van der Waals surface area contributed by atoms with Crippen LogP contribution in [0.25, 0.3) is 11.1 Å². The van der Waals surface area contributed by atoms with Crippen molar-refractivity contribution < 1.29 is 19.4 Å². The molecule has 1 aliphatic rings. The van der Waals surface area contributed by atoms with Crippen LogP contribution in [0.15, 0.2) is 55.1 Å². The van der Waals surface area contributed by atoms with E-state index in [0.717, 1.165) is 16.8 Å². The molecule has 4 rings (SSSR count). The zero-order valence-electron chi connectivity index (χ0n) is 19.3. The average Bonchev–Trinajstić information content (AvgIpc) is 2.89. The van der Waals surface area contributed by atoms with Crippen molar-refractivity contribution in [2.45, 2.75) is 44.3 Å². The number of pyridine rings is 2. The summed E-state index contributed by atoms with van der Waals surface area (Å²) in [5.74, 6) is 0.511. The number of rotatable bonds is 7. The molecule has 0 atom stereocenters. The van der Waals surface area contributed by atoms with E-state index in [4.69, 9.17) is 9.84 Å². The Balaban J connectivity index is 1.52. The van der Waals surface area contributed by atoms with Crippen molar-refractivity contribution >= 4 is 17.9 Å². The van der Waals surface area contributed by atoms with Crippen LogP contribution in [0.5, 0.6) is 6.01 Å². The Morgan fingerprint density at radius 2 is 1.74 bits per heavy atom. The summed E-state index contributed by atoms with van der Waals surface area (Å²) in [6.45, 7) is 0.285. The van der Waals surface area contributed by atoms with Gasteiger partial charge in [-0.2, -0.15) is 0 Å². The third-order valence-corrected chi connectivity index (χ3v) is 5.89. The molecular formula is C24H27N7O4. The third-order valence-electron chi connectivity index (χ3n) is 5.89. The van der Waals surface area contributed by atoms with Crippen molar-refractivity contribution in [1.29, 1.82) is 0 Å². The van der Waals surface area contributed by atoms with E-state index >= 15 is 0 Å². The number of urea groups is 1. The van der Waals surface area contributed by atoms with Crippen molar-refractivity contribution in [1.82, 2.24) is 30.6 Å². The van der Waals surface area contributed by atoms with E-state index in [1.807, 2.05) is 24.3 Å². The number of nitrogens with one attached hydrogen (secondary N) is 2. The Morgan fingerprint density at radius 3 is 2.34 bits per heavy atom. The van der Waals surface area contributed by atoms with Crippen LogP contribution in [0.1, 0.15) is 31.4 Å². The molecule has 1 saturated carbocycles. The Hall–Kier alpha value is -4.28. The highest BCUT2D eigenvalue weighted by atomic mass is 16.5. The van der Waals surface area contributed by atoms with E-state index < -0.39 is 6.09 Å². The Morgan fingerprint density at radius 1 is 1.00 bits per heavy atom. The maximum atomic E-state index is 13.3. The molecule has 0 unspecified atom stereocenters. The topological polar surface area (TPSA) is 142 Å². The van der Waals surface area contributed by atoms with Crippen LogP contribution in [0.4, 0.5) is 15.4 Å². The number of carboxylic acid groups (broad SMARTS) is 1. The molecule has 3 aromatic heterocycles. The zero-order chi connectivity index (χ0) is 24.6. The van der Waals surface area contributed by atoms with Crippen LogP contribution >= 0.6 is 0 Å². The SMILES string of the molecule is COc1ncc(-c2ccc(N(C(=O)NCc3ccccn3)C3CCC(NC(=O)O)CC3)nc2)cn1. The highest BCUT2D eigenvalue weighted by molar-refractivity contribution is 5.91. The summed E-state index contributed by atoms with van der Waals surface area (Å²) in [6.07, 6.45) is 8.21. The number of carbonyl (C=O) groups excluding carboxylic acids is 1. The number of methoxy groups -OCH3 is 1. The minimum absolute atomic E-state index is 0.117. The van der Waals surface area contributed by atoms with E-state index in [9.17, 15) is 9.59 Å². The third kappa shape index (κ3) is 6.19. The van der Waals surface area contributed by atoms with Gasteiger partial charge in [0.2, 0.25) is 0 Å². The first-order chi connectivity index (χ1) is 17.0. The highest BCUT2D eigenvalue weighted by Gasteiger charge is 2.31. The molecule has 3 aromatic rings. The van der Waals surface area contributed by atoms with Gasteiger partial charge in [-0.15, -0.1) is 0 Å². The predicted molar refractivity (Wildman–Crippen MR) is 128 cm³/mol. The lowest BCUT2D eigenvalue weighted by molar-refractivity contribution is 0.184. The molecule has 0 bridgehead atoms. The number of ether oxygens (including phenoxy) is 1. The van der Waals surface area contributed by atoms with Gasteiger partial charge in [0.25, 0.3) is 0 Å². The van der Waals surface area contributed by atoms with Gasteiger partial charge in [-0.3, -0.25) is 9.88 Å². The van der Waals surface area contributed by atoms with E-state index in [-0.39, 0.29) is 30.7 Å². The van der Waals surface area contributed by atoms with Crippen LogP contribution in [-0.4, -0.2) is 56.4 Å². The molecule has 0 spiro atoms. The molecule has 0 aliphatic heterocycles. The van der Waals surface area contributed by atoms with Crippen LogP contribution in [0.3, 0.4) is 0 Å². The van der Waals surface area contributed by atoms with Crippen molar-refractivity contribution in [3.63, 3.8) is 0 Å². The quantitative estimate of drug-likeness (QED) is 0.471. The van der Waals surface area contributed by atoms with Gasteiger partial charge in [0, 0.05) is 48.0 Å². The molecule has 1 fully saturated rings. The van der Waals surface area contributed by atoms with Crippen molar-refractivity contribution in [2.75, 3.05) is 12.0 Å². The van der Waals surface area contributed by atoms with E-state index in [2.05, 4.69) is 30.6 Å². The summed E-state index contributed by atoms with van der Waals surface area (Å²) in [4.78, 5) is 43.0. The van der Waals surface area contributed by atoms with Crippen LogP contribution in [-0.2, 0) is 6.54 Å². The lowest BCUT2D eigenvalue weighted by Gasteiger charge is -2.36. The summed E-state index contributed by atoms with van der Waals surface area (Å²) in [7, 11) is 1.50. The number of aromatic nitrogens is 4. The first kappa shape index (κ1) is 23.9. The molecule has 11 nitrogen and oxygen atoms in total. The molecule has 0 radical (unpaired) electrons. The second kappa shape index (κ2) is 11.2. The van der Waals surface area contributed by atoms with Gasteiger partial charge in [-0.25, -0.2) is 24.5 Å². The predicted octanol–water partition coefficient (Wildman–Crippen LogP) is 3.24. The van der Waals surface area contributed by atoms with E-state index in [1.54, 1.807) is 35.8 Å². The molecule has 0 aromatic carbocycles. The summed E-state index contributed by atoms with van der Waals surface area (Å²) in [6, 6.07) is 8.96.